The molecule has 4 aromatic rings. The van der Waals surface area contributed by atoms with Crippen LogP contribution in [0.2, 0.25) is 0 Å². The fourth-order valence-electron chi connectivity index (χ4n) is 4.83. The fourth-order valence-corrected chi connectivity index (χ4v) is 5.17. The van der Waals surface area contributed by atoms with E-state index in [1.807, 2.05) is 0 Å². The van der Waals surface area contributed by atoms with Gasteiger partial charge in [-0.25, -0.2) is 19.3 Å². The van der Waals surface area contributed by atoms with Crippen molar-refractivity contribution in [2.45, 2.75) is 39.0 Å². The number of carbonyl (C=O) groups is 3. The van der Waals surface area contributed by atoms with E-state index < -0.39 is 24.0 Å². The maximum atomic E-state index is 14.5. The number of amides is 2. The quantitative estimate of drug-likeness (QED) is 0.208. The number of carbonyl (C=O) groups excluding carboxylic acids is 3. The number of pyridine rings is 1. The summed E-state index contributed by atoms with van der Waals surface area (Å²) in [7, 11) is 0. The highest BCUT2D eigenvalue weighted by Gasteiger charge is 2.40. The van der Waals surface area contributed by atoms with Crippen molar-refractivity contribution >= 4 is 50.2 Å². The highest BCUT2D eigenvalue weighted by atomic mass is 79.9. The van der Waals surface area contributed by atoms with Crippen LogP contribution in [0.5, 0.6) is 5.75 Å². The fraction of sp³-hybridized carbons (Fsp3) is 0.321. The van der Waals surface area contributed by atoms with Crippen molar-refractivity contribution in [3.05, 3.63) is 58.8 Å². The predicted molar refractivity (Wildman–Crippen MR) is 154 cm³/mol. The summed E-state index contributed by atoms with van der Waals surface area (Å²) in [6.07, 6.45) is 1.68. The van der Waals surface area contributed by atoms with Crippen LogP contribution in [0.1, 0.15) is 29.7 Å². The summed E-state index contributed by atoms with van der Waals surface area (Å²) < 4.78 is 22.2. The first-order chi connectivity index (χ1) is 20.1. The van der Waals surface area contributed by atoms with Crippen molar-refractivity contribution in [1.29, 1.82) is 0 Å². The lowest BCUT2D eigenvalue weighted by atomic mass is 10.0. The second-order valence-electron chi connectivity index (χ2n) is 9.75. The summed E-state index contributed by atoms with van der Waals surface area (Å²) >= 11 is 3.24. The third-order valence-electron chi connectivity index (χ3n) is 6.75. The first-order valence-corrected chi connectivity index (χ1v) is 13.9. The molecular weight excluding hydrogens is 613 g/mol. The SMILES string of the molecule is CC(=O)c1nn(CC(=O)N2C[C@H](F)C[C@H]2C(=O)Nc2cccc(Br)n2)c2cc(OCCO)c(-c3cnc(C)nc3)cc12. The van der Waals surface area contributed by atoms with Crippen molar-refractivity contribution in [2.24, 2.45) is 0 Å². The lowest BCUT2D eigenvalue weighted by molar-refractivity contribution is -0.137. The average molecular weight is 640 g/mol. The second kappa shape index (κ2) is 12.3. The third kappa shape index (κ3) is 6.14. The van der Waals surface area contributed by atoms with E-state index in [1.54, 1.807) is 49.6 Å². The van der Waals surface area contributed by atoms with Crippen molar-refractivity contribution in [1.82, 2.24) is 29.6 Å². The van der Waals surface area contributed by atoms with Crippen molar-refractivity contribution < 1.29 is 28.6 Å². The third-order valence-corrected chi connectivity index (χ3v) is 7.19. The lowest BCUT2D eigenvalue weighted by Gasteiger charge is -2.23. The van der Waals surface area contributed by atoms with Crippen LogP contribution in [-0.2, 0) is 16.1 Å². The number of ketones is 1. The van der Waals surface area contributed by atoms with E-state index in [2.05, 4.69) is 41.3 Å². The van der Waals surface area contributed by atoms with Gasteiger partial charge in [0.05, 0.1) is 18.7 Å². The molecule has 1 aliphatic heterocycles. The van der Waals surface area contributed by atoms with Crippen LogP contribution in [-0.4, -0.2) is 84.3 Å². The van der Waals surface area contributed by atoms with Gasteiger partial charge in [0.15, 0.2) is 5.78 Å². The van der Waals surface area contributed by atoms with Crippen LogP contribution >= 0.6 is 15.9 Å². The monoisotopic (exact) mass is 639 g/mol. The molecule has 2 N–H and O–H groups in total. The van der Waals surface area contributed by atoms with Crippen molar-refractivity contribution in [3.63, 3.8) is 0 Å². The molecule has 42 heavy (non-hydrogen) atoms. The molecule has 12 nitrogen and oxygen atoms in total. The lowest BCUT2D eigenvalue weighted by Crippen LogP contribution is -2.44. The molecule has 0 saturated carbocycles. The molecule has 0 unspecified atom stereocenters. The van der Waals surface area contributed by atoms with Gasteiger partial charge in [-0.3, -0.25) is 19.1 Å². The number of aliphatic hydroxyl groups is 1. The number of hydrogen-bond acceptors (Lipinski definition) is 9. The van der Waals surface area contributed by atoms with Crippen LogP contribution in [0, 0.1) is 6.92 Å². The molecule has 0 bridgehead atoms. The summed E-state index contributed by atoms with van der Waals surface area (Å²) in [5, 5.41) is 16.9. The van der Waals surface area contributed by atoms with Gasteiger partial charge in [0.2, 0.25) is 11.8 Å². The number of nitrogens with one attached hydrogen (secondary N) is 1. The summed E-state index contributed by atoms with van der Waals surface area (Å²) in [5.74, 6) is -0.245. The minimum atomic E-state index is -1.39. The minimum absolute atomic E-state index is 0.00679. The van der Waals surface area contributed by atoms with E-state index >= 15 is 0 Å². The van der Waals surface area contributed by atoms with Gasteiger partial charge in [-0.1, -0.05) is 6.07 Å². The second-order valence-corrected chi connectivity index (χ2v) is 10.6. The molecule has 14 heteroatoms. The Morgan fingerprint density at radius 1 is 1.21 bits per heavy atom. The Balaban J connectivity index is 1.48. The maximum Gasteiger partial charge on any atom is 0.248 e. The number of fused-ring (bicyclic) bond motifs is 1. The van der Waals surface area contributed by atoms with E-state index in [9.17, 15) is 23.9 Å². The van der Waals surface area contributed by atoms with Gasteiger partial charge < -0.3 is 20.1 Å². The number of aliphatic hydroxyl groups excluding tert-OH is 1. The van der Waals surface area contributed by atoms with Gasteiger partial charge in [0, 0.05) is 48.3 Å². The first kappa shape index (κ1) is 29.2. The van der Waals surface area contributed by atoms with Crippen LogP contribution in [0.25, 0.3) is 22.0 Å². The maximum absolute atomic E-state index is 14.5. The van der Waals surface area contributed by atoms with Gasteiger partial charge in [-0.15, -0.1) is 0 Å². The van der Waals surface area contributed by atoms with Crippen LogP contribution < -0.4 is 10.1 Å². The van der Waals surface area contributed by atoms with Crippen molar-refractivity contribution in [2.75, 3.05) is 25.1 Å². The van der Waals surface area contributed by atoms with Crippen LogP contribution in [0.15, 0.2) is 47.3 Å². The molecule has 0 aliphatic carbocycles. The number of aryl methyl sites for hydroxylation is 1. The topological polar surface area (TPSA) is 152 Å². The number of halogens is 2. The van der Waals surface area contributed by atoms with Gasteiger partial charge in [-0.05, 0) is 41.1 Å². The zero-order valence-electron chi connectivity index (χ0n) is 22.8. The van der Waals surface area contributed by atoms with Crippen LogP contribution in [0.3, 0.4) is 0 Å². The van der Waals surface area contributed by atoms with Gasteiger partial charge in [-0.2, -0.15) is 5.10 Å². The molecule has 1 saturated heterocycles. The smallest absolute Gasteiger partial charge is 0.248 e. The Labute approximate surface area is 248 Å². The number of nitrogens with zero attached hydrogens (tertiary/aromatic N) is 6. The Morgan fingerprint density at radius 2 is 1.98 bits per heavy atom. The minimum Gasteiger partial charge on any atom is -0.490 e. The molecule has 3 aromatic heterocycles. The number of ether oxygens (including phenoxy) is 1. The zero-order valence-corrected chi connectivity index (χ0v) is 24.3. The molecule has 1 fully saturated rings. The van der Waals surface area contributed by atoms with Crippen LogP contribution in [0.4, 0.5) is 10.2 Å². The number of likely N-dealkylation sites (tertiary alicyclic amines) is 1. The highest BCUT2D eigenvalue weighted by Crippen LogP contribution is 2.36. The number of rotatable bonds is 9. The number of aromatic nitrogens is 5. The standard InChI is InChI=1S/C28H27BrFN7O5/c1-15(39)27-20-9-19(17-11-31-16(2)32-12-17)23(42-7-6-38)10-21(20)37(35-27)14-26(40)36-13-18(30)8-22(36)28(41)34-25-5-3-4-24(29)33-25/h3-5,9-12,18,22,38H,6-8,13-14H2,1-2H3,(H,33,34,41)/t18-,22+/m1/s1. The number of anilines is 1. The summed E-state index contributed by atoms with van der Waals surface area (Å²) in [6, 6.07) is 7.24. The highest BCUT2D eigenvalue weighted by molar-refractivity contribution is 9.10. The first-order valence-electron chi connectivity index (χ1n) is 13.1. The molecule has 0 radical (unpaired) electrons. The number of benzene rings is 1. The molecule has 1 aliphatic rings. The molecule has 0 spiro atoms. The van der Waals surface area contributed by atoms with E-state index in [0.717, 1.165) is 0 Å². The Bertz CT molecular complexity index is 1660. The molecular formula is C28H27BrFN7O5. The van der Waals surface area contributed by atoms with Gasteiger partial charge in [0.1, 0.15) is 53.1 Å². The molecule has 2 amide bonds. The summed E-state index contributed by atoms with van der Waals surface area (Å²) in [6.45, 7) is 2.25. The molecule has 5 rings (SSSR count). The van der Waals surface area contributed by atoms with Crippen molar-refractivity contribution in [3.8, 4) is 16.9 Å². The Kier molecular flexibility index (Phi) is 8.54. The van der Waals surface area contributed by atoms with Gasteiger partial charge in [0.25, 0.3) is 0 Å². The molecule has 218 valence electrons. The average Bonchev–Trinajstić information content (AvgIpc) is 3.52. The number of alkyl halides is 1. The van der Waals surface area contributed by atoms with E-state index in [0.29, 0.717) is 38.2 Å². The number of Topliss-reactive ketones (excluding diaryl/α,β-unsaturated/α-hetero) is 1. The van der Waals surface area contributed by atoms with E-state index in [1.165, 1.54) is 16.5 Å². The number of hydrogen-bond donors (Lipinski definition) is 2. The summed E-state index contributed by atoms with van der Waals surface area (Å²) in [5.41, 5.74) is 1.73. The zero-order chi connectivity index (χ0) is 30.0. The van der Waals surface area contributed by atoms with E-state index in [4.69, 9.17) is 4.74 Å². The Morgan fingerprint density at radius 3 is 2.67 bits per heavy atom. The molecule has 4 heterocycles. The predicted octanol–water partition coefficient (Wildman–Crippen LogP) is 3.11. The van der Waals surface area contributed by atoms with E-state index in [-0.39, 0.29) is 50.0 Å². The molecule has 1 aromatic carbocycles. The van der Waals surface area contributed by atoms with Gasteiger partial charge >= 0.3 is 0 Å². The molecule has 2 atom stereocenters. The Hall–Kier alpha value is -4.30. The largest absolute Gasteiger partial charge is 0.490 e. The normalized spacial score (nSPS) is 16.5. The summed E-state index contributed by atoms with van der Waals surface area (Å²) in [4.78, 5) is 52.9.